The molecule has 1 aromatic heterocycles. The third-order valence-corrected chi connectivity index (χ3v) is 3.02. The Morgan fingerprint density at radius 1 is 1.44 bits per heavy atom. The fourth-order valence-electron chi connectivity index (χ4n) is 2.09. The SMILES string of the molecule is CCOC(=O)c1oc(C2CCC(C)O2)nc1CC. The van der Waals surface area contributed by atoms with Crippen molar-refractivity contribution in [3.8, 4) is 0 Å². The van der Waals surface area contributed by atoms with Crippen LogP contribution in [0.15, 0.2) is 4.42 Å². The Labute approximate surface area is 106 Å². The summed E-state index contributed by atoms with van der Waals surface area (Å²) in [5.41, 5.74) is 0.645. The van der Waals surface area contributed by atoms with Crippen molar-refractivity contribution in [2.75, 3.05) is 6.61 Å². The van der Waals surface area contributed by atoms with Crippen molar-refractivity contribution in [2.45, 2.75) is 52.2 Å². The van der Waals surface area contributed by atoms with Gasteiger partial charge >= 0.3 is 5.97 Å². The van der Waals surface area contributed by atoms with Gasteiger partial charge in [0, 0.05) is 0 Å². The Kier molecular flexibility index (Phi) is 4.01. The third-order valence-electron chi connectivity index (χ3n) is 3.02. The molecule has 5 nitrogen and oxygen atoms in total. The third kappa shape index (κ3) is 2.56. The van der Waals surface area contributed by atoms with Crippen LogP contribution in [-0.2, 0) is 15.9 Å². The molecular formula is C13H19NO4. The van der Waals surface area contributed by atoms with Crippen LogP contribution in [0.1, 0.15) is 61.9 Å². The second-order valence-corrected chi connectivity index (χ2v) is 4.41. The maximum atomic E-state index is 11.7. The highest BCUT2D eigenvalue weighted by molar-refractivity contribution is 5.87. The number of oxazole rings is 1. The Morgan fingerprint density at radius 2 is 2.22 bits per heavy atom. The lowest BCUT2D eigenvalue weighted by Crippen LogP contribution is -2.05. The highest BCUT2D eigenvalue weighted by Crippen LogP contribution is 2.33. The minimum Gasteiger partial charge on any atom is -0.460 e. The number of aryl methyl sites for hydroxylation is 1. The quantitative estimate of drug-likeness (QED) is 0.772. The summed E-state index contributed by atoms with van der Waals surface area (Å²) in [5, 5.41) is 0. The average Bonchev–Trinajstić information content (AvgIpc) is 2.94. The summed E-state index contributed by atoms with van der Waals surface area (Å²) in [6.07, 6.45) is 2.60. The second kappa shape index (κ2) is 5.52. The summed E-state index contributed by atoms with van der Waals surface area (Å²) in [6, 6.07) is 0. The largest absolute Gasteiger partial charge is 0.460 e. The second-order valence-electron chi connectivity index (χ2n) is 4.41. The van der Waals surface area contributed by atoms with E-state index in [9.17, 15) is 4.79 Å². The van der Waals surface area contributed by atoms with Crippen LogP contribution in [0.2, 0.25) is 0 Å². The molecule has 0 bridgehead atoms. The van der Waals surface area contributed by atoms with Crippen LogP contribution in [-0.4, -0.2) is 23.7 Å². The van der Waals surface area contributed by atoms with Gasteiger partial charge in [-0.15, -0.1) is 0 Å². The van der Waals surface area contributed by atoms with Gasteiger partial charge in [0.2, 0.25) is 11.7 Å². The zero-order valence-electron chi connectivity index (χ0n) is 11.1. The van der Waals surface area contributed by atoms with E-state index in [-0.39, 0.29) is 18.0 Å². The molecule has 2 heterocycles. The van der Waals surface area contributed by atoms with Crippen LogP contribution in [0.25, 0.3) is 0 Å². The van der Waals surface area contributed by atoms with E-state index in [0.717, 1.165) is 12.8 Å². The number of carbonyl (C=O) groups is 1. The maximum absolute atomic E-state index is 11.7. The molecule has 0 radical (unpaired) electrons. The van der Waals surface area contributed by atoms with E-state index in [2.05, 4.69) is 4.98 Å². The van der Waals surface area contributed by atoms with Crippen molar-refractivity contribution in [2.24, 2.45) is 0 Å². The van der Waals surface area contributed by atoms with Crippen LogP contribution >= 0.6 is 0 Å². The molecule has 2 rings (SSSR count). The van der Waals surface area contributed by atoms with Gasteiger partial charge in [-0.1, -0.05) is 6.92 Å². The molecule has 1 aliphatic rings. The first-order valence-electron chi connectivity index (χ1n) is 6.47. The van der Waals surface area contributed by atoms with E-state index in [1.807, 2.05) is 13.8 Å². The molecule has 1 saturated heterocycles. The number of hydrogen-bond acceptors (Lipinski definition) is 5. The minimum absolute atomic E-state index is 0.131. The highest BCUT2D eigenvalue weighted by atomic mass is 16.5. The first-order chi connectivity index (χ1) is 8.65. The molecule has 2 atom stereocenters. The average molecular weight is 253 g/mol. The van der Waals surface area contributed by atoms with Crippen LogP contribution < -0.4 is 0 Å². The van der Waals surface area contributed by atoms with Gasteiger partial charge in [0.25, 0.3) is 0 Å². The van der Waals surface area contributed by atoms with Gasteiger partial charge < -0.3 is 13.9 Å². The lowest BCUT2D eigenvalue weighted by atomic mass is 10.2. The fourth-order valence-corrected chi connectivity index (χ4v) is 2.09. The number of hydrogen-bond donors (Lipinski definition) is 0. The summed E-state index contributed by atoms with van der Waals surface area (Å²) >= 11 is 0. The summed E-state index contributed by atoms with van der Waals surface area (Å²) in [4.78, 5) is 16.1. The predicted molar refractivity (Wildman–Crippen MR) is 64.4 cm³/mol. The van der Waals surface area contributed by atoms with E-state index in [4.69, 9.17) is 13.9 Å². The Balaban J connectivity index is 2.20. The molecule has 18 heavy (non-hydrogen) atoms. The number of rotatable bonds is 4. The van der Waals surface area contributed by atoms with Crippen LogP contribution in [0.3, 0.4) is 0 Å². The number of ether oxygens (including phenoxy) is 2. The molecule has 0 spiro atoms. The lowest BCUT2D eigenvalue weighted by Gasteiger charge is -2.05. The summed E-state index contributed by atoms with van der Waals surface area (Å²) in [6.45, 7) is 6.05. The summed E-state index contributed by atoms with van der Waals surface area (Å²) < 4.78 is 16.2. The molecule has 2 unspecified atom stereocenters. The number of nitrogens with zero attached hydrogens (tertiary/aromatic N) is 1. The van der Waals surface area contributed by atoms with Crippen molar-refractivity contribution in [1.82, 2.24) is 4.98 Å². The summed E-state index contributed by atoms with van der Waals surface area (Å²) in [7, 11) is 0. The predicted octanol–water partition coefficient (Wildman–Crippen LogP) is 2.65. The first kappa shape index (κ1) is 13.1. The number of carbonyl (C=O) groups excluding carboxylic acids is 1. The molecule has 0 aliphatic carbocycles. The molecule has 1 aromatic rings. The molecule has 1 aliphatic heterocycles. The molecule has 0 aromatic carbocycles. The van der Waals surface area contributed by atoms with Crippen LogP contribution in [0, 0.1) is 0 Å². The maximum Gasteiger partial charge on any atom is 0.376 e. The van der Waals surface area contributed by atoms with E-state index in [1.54, 1.807) is 6.92 Å². The zero-order valence-corrected chi connectivity index (χ0v) is 11.1. The molecular weight excluding hydrogens is 234 g/mol. The van der Waals surface area contributed by atoms with Gasteiger partial charge in [-0.25, -0.2) is 9.78 Å². The van der Waals surface area contributed by atoms with E-state index in [0.29, 0.717) is 24.6 Å². The first-order valence-corrected chi connectivity index (χ1v) is 6.47. The Morgan fingerprint density at radius 3 is 2.78 bits per heavy atom. The van der Waals surface area contributed by atoms with Crippen molar-refractivity contribution >= 4 is 5.97 Å². The van der Waals surface area contributed by atoms with Gasteiger partial charge in [-0.2, -0.15) is 0 Å². The Bertz CT molecular complexity index is 427. The number of esters is 1. The van der Waals surface area contributed by atoms with Crippen molar-refractivity contribution < 1.29 is 18.7 Å². The van der Waals surface area contributed by atoms with Crippen LogP contribution in [0.4, 0.5) is 0 Å². The van der Waals surface area contributed by atoms with E-state index >= 15 is 0 Å². The standard InChI is InChI=1S/C13H19NO4/c1-4-9-11(13(15)16-5-2)18-12(14-9)10-7-6-8(3)17-10/h8,10H,4-7H2,1-3H3. The fraction of sp³-hybridized carbons (Fsp3) is 0.692. The normalized spacial score (nSPS) is 23.3. The van der Waals surface area contributed by atoms with E-state index < -0.39 is 5.97 Å². The highest BCUT2D eigenvalue weighted by Gasteiger charge is 2.30. The molecule has 0 N–H and O–H groups in total. The van der Waals surface area contributed by atoms with Crippen molar-refractivity contribution in [1.29, 1.82) is 0 Å². The summed E-state index contributed by atoms with van der Waals surface area (Å²) in [5.74, 6) is 0.274. The Hall–Kier alpha value is -1.36. The molecule has 100 valence electrons. The smallest absolute Gasteiger partial charge is 0.376 e. The monoisotopic (exact) mass is 253 g/mol. The van der Waals surface area contributed by atoms with Gasteiger partial charge in [-0.3, -0.25) is 0 Å². The molecule has 1 fully saturated rings. The minimum atomic E-state index is -0.445. The number of aromatic nitrogens is 1. The zero-order chi connectivity index (χ0) is 13.1. The lowest BCUT2D eigenvalue weighted by molar-refractivity contribution is 0.0348. The van der Waals surface area contributed by atoms with Gasteiger partial charge in [0.15, 0.2) is 0 Å². The molecule has 0 amide bonds. The topological polar surface area (TPSA) is 61.6 Å². The van der Waals surface area contributed by atoms with Gasteiger partial charge in [0.1, 0.15) is 6.10 Å². The van der Waals surface area contributed by atoms with Crippen molar-refractivity contribution in [3.05, 3.63) is 17.3 Å². The van der Waals surface area contributed by atoms with Crippen molar-refractivity contribution in [3.63, 3.8) is 0 Å². The molecule has 5 heteroatoms. The van der Waals surface area contributed by atoms with Gasteiger partial charge in [0.05, 0.1) is 18.4 Å². The van der Waals surface area contributed by atoms with Crippen LogP contribution in [0.5, 0.6) is 0 Å². The van der Waals surface area contributed by atoms with E-state index in [1.165, 1.54) is 0 Å². The van der Waals surface area contributed by atoms with Gasteiger partial charge in [-0.05, 0) is 33.1 Å². The molecule has 0 saturated carbocycles.